The van der Waals surface area contributed by atoms with Gasteiger partial charge in [0.15, 0.2) is 0 Å². The van der Waals surface area contributed by atoms with Gasteiger partial charge < -0.3 is 0 Å². The van der Waals surface area contributed by atoms with Crippen LogP contribution in [0.25, 0.3) is 0 Å². The van der Waals surface area contributed by atoms with Crippen molar-refractivity contribution in [3.8, 4) is 0 Å². The van der Waals surface area contributed by atoms with Gasteiger partial charge in [-0.1, -0.05) is 0 Å². The van der Waals surface area contributed by atoms with Gasteiger partial charge >= 0.3 is 138 Å². The predicted octanol–water partition coefficient (Wildman–Crippen LogP) is 6.87. The van der Waals surface area contributed by atoms with E-state index in [1.807, 2.05) is 0 Å². The second-order valence-corrected chi connectivity index (χ2v) is 46.9. The van der Waals surface area contributed by atoms with Crippen LogP contribution in [0.4, 0.5) is 0 Å². The fourth-order valence-electron chi connectivity index (χ4n) is 7.31. The van der Waals surface area contributed by atoms with Crippen molar-refractivity contribution in [2.45, 2.75) is 95.3 Å². The van der Waals surface area contributed by atoms with E-state index in [-0.39, 0.29) is 0 Å². The molecule has 0 atom stereocenters. The normalized spacial score (nSPS) is 15.6. The van der Waals surface area contributed by atoms with Crippen molar-refractivity contribution in [2.24, 2.45) is 0 Å². The Morgan fingerprint density at radius 1 is 0.550 bits per heavy atom. The summed E-state index contributed by atoms with van der Waals surface area (Å²) in [5.74, 6) is 0. The standard InChI is InChI=1S/C10H27Si3.3C2H5.Sn/c1-11(2,3)10(12(4,5)6)13(7,8)9;3*1-2;/h1-9H3;3*1H2,2H3;. The van der Waals surface area contributed by atoms with Crippen molar-refractivity contribution in [3.05, 3.63) is 0 Å². The molecule has 0 aliphatic rings. The van der Waals surface area contributed by atoms with E-state index in [0.717, 1.165) is 2.30 Å². The Morgan fingerprint density at radius 3 is 0.800 bits per heavy atom. The number of hydrogen-bond acceptors (Lipinski definition) is 0. The van der Waals surface area contributed by atoms with Gasteiger partial charge in [0.25, 0.3) is 0 Å². The second kappa shape index (κ2) is 6.52. The number of rotatable bonds is 7. The van der Waals surface area contributed by atoms with Gasteiger partial charge in [-0.15, -0.1) is 0 Å². The molecule has 0 aromatic carbocycles. The topological polar surface area (TPSA) is 0 Å². The molecule has 0 aliphatic carbocycles. The Labute approximate surface area is 137 Å². The molecule has 0 amide bonds. The van der Waals surface area contributed by atoms with Crippen LogP contribution in [-0.2, 0) is 0 Å². The van der Waals surface area contributed by atoms with Crippen LogP contribution in [0.3, 0.4) is 0 Å². The number of hydrogen-bond donors (Lipinski definition) is 0. The molecule has 20 heavy (non-hydrogen) atoms. The molecule has 0 fully saturated rings. The zero-order valence-electron chi connectivity index (χ0n) is 16.6. The van der Waals surface area contributed by atoms with E-state index in [4.69, 9.17) is 0 Å². The molecule has 0 unspecified atom stereocenters. The van der Waals surface area contributed by atoms with E-state index in [1.165, 1.54) is 0 Å². The average molecular weight is 437 g/mol. The summed E-state index contributed by atoms with van der Waals surface area (Å²) in [5.41, 5.74) is 0. The molecule has 4 heteroatoms. The Balaban J connectivity index is 6.78. The van der Waals surface area contributed by atoms with E-state index >= 15 is 0 Å². The molecule has 0 spiro atoms. The Kier molecular flexibility index (Phi) is 6.99. The van der Waals surface area contributed by atoms with E-state index in [9.17, 15) is 0 Å². The van der Waals surface area contributed by atoms with E-state index in [1.54, 1.807) is 13.3 Å². The summed E-state index contributed by atoms with van der Waals surface area (Å²) in [7, 11) is -3.57. The van der Waals surface area contributed by atoms with Crippen LogP contribution in [0.5, 0.6) is 0 Å². The maximum absolute atomic E-state index is 2.73. The zero-order valence-corrected chi connectivity index (χ0v) is 22.5. The Hall–Kier alpha value is 1.45. The molecule has 0 saturated heterocycles. The molecule has 0 heterocycles. The van der Waals surface area contributed by atoms with Gasteiger partial charge in [0, 0.05) is 0 Å². The van der Waals surface area contributed by atoms with Gasteiger partial charge in [0.1, 0.15) is 0 Å². The minimum absolute atomic E-state index is 0.903. The van der Waals surface area contributed by atoms with Gasteiger partial charge in [-0.3, -0.25) is 0 Å². The van der Waals surface area contributed by atoms with Crippen LogP contribution < -0.4 is 0 Å². The van der Waals surface area contributed by atoms with Crippen LogP contribution in [0.1, 0.15) is 20.8 Å². The van der Waals surface area contributed by atoms with Crippen LogP contribution in [0, 0.1) is 0 Å². The molecular formula is C16H42Si3Sn. The molecule has 0 saturated carbocycles. The SMILES string of the molecule is C[CH2][Sn]([CH2]C)([CH2]C)[C]([Si](C)(C)C)([Si](C)(C)C)[Si](C)(C)C. The molecule has 0 radical (unpaired) electrons. The molecule has 0 aliphatic heterocycles. The average Bonchev–Trinajstić information content (AvgIpc) is 2.19. The van der Waals surface area contributed by atoms with E-state index in [0.29, 0.717) is 0 Å². The Morgan fingerprint density at radius 2 is 0.750 bits per heavy atom. The van der Waals surface area contributed by atoms with Gasteiger partial charge in [-0.2, -0.15) is 0 Å². The third-order valence-electron chi connectivity index (χ3n) is 6.20. The van der Waals surface area contributed by atoms with Gasteiger partial charge in [-0.25, -0.2) is 0 Å². The van der Waals surface area contributed by atoms with Gasteiger partial charge in [-0.05, 0) is 0 Å². The monoisotopic (exact) mass is 438 g/mol. The summed E-state index contributed by atoms with van der Waals surface area (Å²) in [6.45, 7) is 32.3. The summed E-state index contributed by atoms with van der Waals surface area (Å²) in [6, 6.07) is 0. The van der Waals surface area contributed by atoms with Crippen molar-refractivity contribution in [2.75, 3.05) is 0 Å². The van der Waals surface area contributed by atoms with E-state index in [2.05, 4.69) is 79.7 Å². The summed E-state index contributed by atoms with van der Waals surface area (Å²) < 4.78 is 5.65. The third kappa shape index (κ3) is 3.07. The van der Waals surface area contributed by atoms with Gasteiger partial charge in [0.2, 0.25) is 0 Å². The first-order valence-electron chi connectivity index (χ1n) is 8.68. The fraction of sp³-hybridized carbons (Fsp3) is 1.00. The summed E-state index contributed by atoms with van der Waals surface area (Å²) in [5, 5.41) is 0. The van der Waals surface area contributed by atoms with E-state index < -0.39 is 42.6 Å². The second-order valence-electron chi connectivity index (χ2n) is 9.84. The molecule has 0 bridgehead atoms. The summed E-state index contributed by atoms with van der Waals surface area (Å²) in [4.78, 5) is 0. The Bertz CT molecular complexity index is 270. The van der Waals surface area contributed by atoms with Crippen LogP contribution in [0.15, 0.2) is 0 Å². The van der Waals surface area contributed by atoms with Crippen molar-refractivity contribution >= 4 is 42.6 Å². The zero-order chi connectivity index (χ0) is 16.6. The molecule has 0 nitrogen and oxygen atoms in total. The van der Waals surface area contributed by atoms with Crippen molar-refractivity contribution < 1.29 is 0 Å². The van der Waals surface area contributed by atoms with Crippen molar-refractivity contribution in [1.82, 2.24) is 0 Å². The third-order valence-corrected chi connectivity index (χ3v) is 72.5. The summed E-state index contributed by atoms with van der Waals surface area (Å²) in [6.07, 6.45) is 0. The molecule has 0 aromatic heterocycles. The summed E-state index contributed by atoms with van der Waals surface area (Å²) >= 11 is -2.14. The molecule has 0 aromatic rings. The first-order valence-corrected chi connectivity index (χ1v) is 26.7. The maximum atomic E-state index is 2.73. The molecule has 122 valence electrons. The van der Waals surface area contributed by atoms with Crippen molar-refractivity contribution in [3.63, 3.8) is 0 Å². The predicted molar refractivity (Wildman–Crippen MR) is 110 cm³/mol. The van der Waals surface area contributed by atoms with Gasteiger partial charge in [0.05, 0.1) is 0 Å². The van der Waals surface area contributed by atoms with Crippen LogP contribution >= 0.6 is 0 Å². The van der Waals surface area contributed by atoms with Crippen LogP contribution in [0.2, 0.25) is 74.5 Å². The fourth-order valence-corrected chi connectivity index (χ4v) is 99.4. The molecular weight excluding hydrogens is 395 g/mol. The molecule has 0 rings (SSSR count). The molecule has 0 N–H and O–H groups in total. The first kappa shape index (κ1) is 21.4. The van der Waals surface area contributed by atoms with Crippen LogP contribution in [-0.4, -0.2) is 42.6 Å². The van der Waals surface area contributed by atoms with Crippen molar-refractivity contribution in [1.29, 1.82) is 0 Å². The first-order chi connectivity index (χ1) is 8.68. The minimum atomic E-state index is -2.14. The quantitative estimate of drug-likeness (QED) is 0.382.